The molecule has 0 radical (unpaired) electrons. The first kappa shape index (κ1) is 134. The van der Waals surface area contributed by atoms with Crippen LogP contribution in [-0.4, -0.2) is 88.0 Å². The highest BCUT2D eigenvalue weighted by molar-refractivity contribution is 5.89. The number of hydrogen-bond acceptors (Lipinski definition) is 14. The van der Waals surface area contributed by atoms with Gasteiger partial charge in [-0.2, -0.15) is 0 Å². The van der Waals surface area contributed by atoms with Gasteiger partial charge in [-0.15, -0.1) is 0 Å². The molecule has 14 heteroatoms. The fourth-order valence-electron chi connectivity index (χ4n) is 13.1. The Morgan fingerprint density at radius 2 is 0.190 bits per heavy atom. The highest BCUT2D eigenvalue weighted by Gasteiger charge is 2.09. The first-order valence-corrected chi connectivity index (χ1v) is 52.6. The molecule has 0 rings (SSSR count). The van der Waals surface area contributed by atoms with Crippen LogP contribution in [0.3, 0.4) is 0 Å². The summed E-state index contributed by atoms with van der Waals surface area (Å²) in [6.45, 7) is 56.1. The van der Waals surface area contributed by atoms with Gasteiger partial charge in [0.05, 0.1) is 46.2 Å². The summed E-state index contributed by atoms with van der Waals surface area (Å²) in [5.41, 5.74) is 3.41. The van der Waals surface area contributed by atoms with Gasteiger partial charge in [0.1, 0.15) is 0 Å². The molecule has 0 aliphatic heterocycles. The van der Waals surface area contributed by atoms with Crippen LogP contribution in [0.1, 0.15) is 546 Å². The molecule has 0 N–H and O–H groups in total. The summed E-state index contributed by atoms with van der Waals surface area (Å²) in [4.78, 5) is 77.5. The third-order valence-electron chi connectivity index (χ3n) is 21.6. The summed E-state index contributed by atoms with van der Waals surface area (Å²) >= 11 is 0. The molecule has 0 saturated heterocycles. The van der Waals surface area contributed by atoms with Crippen LogP contribution in [0.5, 0.6) is 0 Å². The SMILES string of the molecule is C=C(C)C(=O)OCCCCCCCCC.C=C(C)C(=O)OCCCCCCCCCC.C=C(C)C(=O)OCCCCCCCCCCC.C=C(C)C(=O)OCCCCCCCCCCCC.C=C(C)C(=O)OCCCCCCCCCCCCC.C=C(C)C(=O)OCCCCCCCCCCCCCC.C=C(C)C(=O)OCCCCCCCCCCCCCCC. The van der Waals surface area contributed by atoms with Crippen molar-refractivity contribution in [3.8, 4) is 0 Å². The van der Waals surface area contributed by atoms with Crippen molar-refractivity contribution in [2.45, 2.75) is 546 Å². The van der Waals surface area contributed by atoms with Crippen LogP contribution >= 0.6 is 0 Å². The number of hydrogen-bond donors (Lipinski definition) is 0. The van der Waals surface area contributed by atoms with Crippen molar-refractivity contribution in [2.75, 3.05) is 46.2 Å². The molecule has 0 aromatic heterocycles. The van der Waals surface area contributed by atoms with Crippen LogP contribution < -0.4 is 0 Å². The lowest BCUT2D eigenvalue weighted by Gasteiger charge is -2.04. The van der Waals surface area contributed by atoms with Crippen LogP contribution in [0, 0.1) is 0 Å². The molecule has 0 heterocycles. The number of ether oxygens (including phenoxy) is 7. The lowest BCUT2D eigenvalue weighted by atomic mass is 10.0. The highest BCUT2D eigenvalue weighted by atomic mass is 16.6. The molecule has 0 aromatic rings. The number of esters is 7. The van der Waals surface area contributed by atoms with E-state index in [1.807, 2.05) is 0 Å². The van der Waals surface area contributed by atoms with Gasteiger partial charge in [0.25, 0.3) is 0 Å². The zero-order chi connectivity index (χ0) is 95.5. The van der Waals surface area contributed by atoms with E-state index in [-0.39, 0.29) is 41.8 Å². The van der Waals surface area contributed by atoms with Crippen molar-refractivity contribution in [2.24, 2.45) is 0 Å². The van der Waals surface area contributed by atoms with E-state index in [4.69, 9.17) is 33.2 Å². The molecule has 0 unspecified atom stereocenters. The maximum atomic E-state index is 11.1. The van der Waals surface area contributed by atoms with Crippen molar-refractivity contribution in [3.63, 3.8) is 0 Å². The Labute approximate surface area is 781 Å². The second-order valence-corrected chi connectivity index (χ2v) is 35.7. The zero-order valence-electron chi connectivity index (χ0n) is 86.1. The fourth-order valence-corrected chi connectivity index (χ4v) is 13.1. The topological polar surface area (TPSA) is 184 Å². The largest absolute Gasteiger partial charge is 0.462 e. The van der Waals surface area contributed by atoms with Gasteiger partial charge in [-0.1, -0.05) is 499 Å². The molecule has 0 aromatic carbocycles. The lowest BCUT2D eigenvalue weighted by molar-refractivity contribution is -0.139. The Hall–Kier alpha value is -5.53. The number of carbonyl (C=O) groups excluding carboxylic acids is 7. The lowest BCUT2D eigenvalue weighted by Crippen LogP contribution is -2.05. The Morgan fingerprint density at radius 1 is 0.127 bits per heavy atom. The molecular weight excluding hydrogens is 1570 g/mol. The summed E-state index contributed by atoms with van der Waals surface area (Å²) in [6.07, 6.45) is 90.8. The third-order valence-corrected chi connectivity index (χ3v) is 21.6. The Bertz CT molecular complexity index is 2490. The second-order valence-electron chi connectivity index (χ2n) is 35.7. The van der Waals surface area contributed by atoms with Crippen LogP contribution in [0.4, 0.5) is 0 Å². The molecule has 0 amide bonds. The van der Waals surface area contributed by atoms with E-state index < -0.39 is 0 Å². The number of carbonyl (C=O) groups is 7. The predicted molar refractivity (Wildman–Crippen MR) is 543 cm³/mol. The normalized spacial score (nSPS) is 10.3. The first-order chi connectivity index (χ1) is 60.8. The molecule has 742 valence electrons. The summed E-state index contributed by atoms with van der Waals surface area (Å²) in [7, 11) is 0. The maximum Gasteiger partial charge on any atom is 0.333 e. The summed E-state index contributed by atoms with van der Waals surface area (Å²) < 4.78 is 35.2. The highest BCUT2D eigenvalue weighted by Crippen LogP contribution is 2.19. The summed E-state index contributed by atoms with van der Waals surface area (Å²) in [6, 6.07) is 0. The molecule has 0 bridgehead atoms. The molecule has 0 aliphatic carbocycles. The van der Waals surface area contributed by atoms with Crippen LogP contribution in [-0.2, 0) is 66.7 Å². The summed E-state index contributed by atoms with van der Waals surface area (Å²) in [5.74, 6) is -1.81. The van der Waals surface area contributed by atoms with E-state index in [9.17, 15) is 33.6 Å². The third kappa shape index (κ3) is 127. The smallest absolute Gasteiger partial charge is 0.333 e. The van der Waals surface area contributed by atoms with Crippen molar-refractivity contribution in [3.05, 3.63) is 85.1 Å². The molecule has 14 nitrogen and oxygen atoms in total. The molecule has 0 aliphatic rings. The van der Waals surface area contributed by atoms with E-state index >= 15 is 0 Å². The minimum Gasteiger partial charge on any atom is -0.462 e. The average molecular weight is 1780 g/mol. The van der Waals surface area contributed by atoms with Gasteiger partial charge in [0, 0.05) is 39.0 Å². The zero-order valence-corrected chi connectivity index (χ0v) is 86.1. The second kappa shape index (κ2) is 116. The van der Waals surface area contributed by atoms with Crippen LogP contribution in [0.25, 0.3) is 0 Å². The van der Waals surface area contributed by atoms with E-state index in [0.717, 1.165) is 64.2 Å². The van der Waals surface area contributed by atoms with E-state index in [1.54, 1.807) is 48.5 Å². The minimum atomic E-state index is -0.263. The van der Waals surface area contributed by atoms with E-state index in [0.29, 0.717) is 85.3 Å². The first-order valence-electron chi connectivity index (χ1n) is 52.6. The number of unbranched alkanes of at least 4 members (excludes halogenated alkanes) is 63. The minimum absolute atomic E-state index is 0.256. The van der Waals surface area contributed by atoms with Gasteiger partial charge in [0.15, 0.2) is 0 Å². The van der Waals surface area contributed by atoms with Gasteiger partial charge in [-0.3, -0.25) is 0 Å². The number of rotatable bonds is 84. The van der Waals surface area contributed by atoms with Gasteiger partial charge >= 0.3 is 41.8 Å². The van der Waals surface area contributed by atoms with Crippen molar-refractivity contribution >= 4 is 41.8 Å². The standard InChI is InChI=1S/C19H36O2.C18H34O2.C17H32O2.C16H30O2.C15H28O2.C14H26O2.C13H24O2/c1-4-5-6-7-8-9-10-11-12-13-14-15-16-17-21-19(20)18(2)3;1-4-5-6-7-8-9-10-11-12-13-14-15-16-20-18(19)17(2)3;1-4-5-6-7-8-9-10-11-12-13-14-15-19-17(18)16(2)3;1-4-5-6-7-8-9-10-11-12-13-14-18-16(17)15(2)3;1-4-5-6-7-8-9-10-11-12-13-17-15(16)14(2)3;1-4-5-6-7-8-9-10-11-12-16-14(15)13(2)3;1-4-5-6-7-8-9-10-11-15-13(14)12(2)3/h2,4-17H2,1,3H3;2,4-16H2,1,3H3;2,4-15H2,1,3H3;2,4-14H2,1,3H3;2,4-13H2,1,3H3;2,4-12H2,1,3H3;2,4-11H2,1,3H3. The van der Waals surface area contributed by atoms with Crippen molar-refractivity contribution < 1.29 is 66.7 Å². The Kier molecular flexibility index (Phi) is 122. The molecule has 126 heavy (non-hydrogen) atoms. The Balaban J connectivity index is -0.000000263. The Morgan fingerprint density at radius 3 is 0.254 bits per heavy atom. The van der Waals surface area contributed by atoms with Crippen molar-refractivity contribution in [1.29, 1.82) is 0 Å². The van der Waals surface area contributed by atoms with Crippen molar-refractivity contribution in [1.82, 2.24) is 0 Å². The van der Waals surface area contributed by atoms with Gasteiger partial charge < -0.3 is 33.2 Å². The molecule has 0 atom stereocenters. The fraction of sp³-hybridized carbons (Fsp3) is 0.812. The van der Waals surface area contributed by atoms with E-state index in [1.165, 1.54) is 385 Å². The van der Waals surface area contributed by atoms with Gasteiger partial charge in [0.2, 0.25) is 0 Å². The predicted octanol–water partition coefficient (Wildman–Crippen LogP) is 35.2. The molecule has 0 spiro atoms. The van der Waals surface area contributed by atoms with Gasteiger partial charge in [-0.25, -0.2) is 33.6 Å². The quantitative estimate of drug-likeness (QED) is 0.0242. The summed E-state index contributed by atoms with van der Waals surface area (Å²) in [5, 5.41) is 0. The molecule has 0 fully saturated rings. The van der Waals surface area contributed by atoms with E-state index in [2.05, 4.69) is 94.5 Å². The van der Waals surface area contributed by atoms with Crippen LogP contribution in [0.2, 0.25) is 0 Å². The van der Waals surface area contributed by atoms with Crippen LogP contribution in [0.15, 0.2) is 85.1 Å². The average Bonchev–Trinajstić information content (AvgIpc) is 1.04. The monoisotopic (exact) mass is 1780 g/mol. The molecular formula is C112H210O14. The molecule has 0 saturated carbocycles. The van der Waals surface area contributed by atoms with Gasteiger partial charge in [-0.05, 0) is 93.4 Å². The maximum absolute atomic E-state index is 11.1.